The van der Waals surface area contributed by atoms with Crippen molar-refractivity contribution in [2.24, 2.45) is 46.3 Å². The van der Waals surface area contributed by atoms with E-state index in [9.17, 15) is 14.8 Å². The second-order valence-electron chi connectivity index (χ2n) is 12.2. The van der Waals surface area contributed by atoms with E-state index in [1.807, 2.05) is 0 Å². The number of alkyl halides is 1. The molecule has 11 unspecified atom stereocenters. The summed E-state index contributed by atoms with van der Waals surface area (Å²) in [5.41, 5.74) is 0.00517. The van der Waals surface area contributed by atoms with Gasteiger partial charge in [-0.05, 0) is 91.8 Å². The van der Waals surface area contributed by atoms with Crippen molar-refractivity contribution in [1.29, 1.82) is 0 Å². The van der Waals surface area contributed by atoms with E-state index < -0.39 is 14.9 Å². The number of hydrogen-bond donors (Lipinski definition) is 2. The lowest BCUT2D eigenvalue weighted by molar-refractivity contribution is -0.256. The first-order chi connectivity index (χ1) is 16.1. The minimum Gasteiger partial charge on any atom is -0.438 e. The summed E-state index contributed by atoms with van der Waals surface area (Å²) < 4.78 is 32.2. The highest BCUT2D eigenvalue weighted by Gasteiger charge is 2.68. The third-order valence-electron chi connectivity index (χ3n) is 10.8. The molecule has 34 heavy (non-hydrogen) atoms. The molecular formula is C26H44FO6P. The van der Waals surface area contributed by atoms with Gasteiger partial charge in [0, 0.05) is 25.9 Å². The molecule has 0 heterocycles. The van der Waals surface area contributed by atoms with Gasteiger partial charge in [-0.3, -0.25) is 9.32 Å². The SMILES string of the molecule is COCOC(=O)CCC(C)C1CCC2C3C(CCC12C)C1(C)CCC(O)CC1CC3(F)OPO. The molecule has 0 bridgehead atoms. The first-order valence-electron chi connectivity index (χ1n) is 13.2. The minimum absolute atomic E-state index is 0.00629. The fourth-order valence-corrected chi connectivity index (χ4v) is 9.43. The zero-order valence-electron chi connectivity index (χ0n) is 21.2. The van der Waals surface area contributed by atoms with Gasteiger partial charge in [0.15, 0.2) is 15.8 Å². The van der Waals surface area contributed by atoms with Crippen LogP contribution in [0.15, 0.2) is 0 Å². The maximum absolute atomic E-state index is 16.8. The summed E-state index contributed by atoms with van der Waals surface area (Å²) in [6.45, 7) is 6.88. The van der Waals surface area contributed by atoms with Gasteiger partial charge < -0.3 is 19.5 Å². The molecule has 4 saturated carbocycles. The van der Waals surface area contributed by atoms with E-state index in [1.165, 1.54) is 7.11 Å². The second kappa shape index (κ2) is 10.2. The predicted octanol–water partition coefficient (Wildman–Crippen LogP) is 5.36. The lowest BCUT2D eigenvalue weighted by atomic mass is 9.43. The first kappa shape index (κ1) is 26.7. The molecule has 0 amide bonds. The van der Waals surface area contributed by atoms with Crippen LogP contribution >= 0.6 is 9.03 Å². The van der Waals surface area contributed by atoms with Gasteiger partial charge in [-0.15, -0.1) is 0 Å². The molecule has 0 radical (unpaired) electrons. The van der Waals surface area contributed by atoms with Gasteiger partial charge in [0.1, 0.15) is 0 Å². The van der Waals surface area contributed by atoms with Crippen LogP contribution in [0.2, 0.25) is 0 Å². The quantitative estimate of drug-likeness (QED) is 0.264. The van der Waals surface area contributed by atoms with E-state index in [1.54, 1.807) is 0 Å². The van der Waals surface area contributed by atoms with Crippen molar-refractivity contribution >= 4 is 15.0 Å². The second-order valence-corrected chi connectivity index (χ2v) is 12.6. The molecule has 0 spiro atoms. The summed E-state index contributed by atoms with van der Waals surface area (Å²) in [5, 5.41) is 10.3. The van der Waals surface area contributed by atoms with Gasteiger partial charge in [-0.2, -0.15) is 0 Å². The molecule has 4 fully saturated rings. The average molecular weight is 503 g/mol. The highest BCUT2D eigenvalue weighted by atomic mass is 31.1. The molecular weight excluding hydrogens is 458 g/mol. The molecule has 2 N–H and O–H groups in total. The van der Waals surface area contributed by atoms with Crippen molar-refractivity contribution in [3.63, 3.8) is 0 Å². The summed E-state index contributed by atoms with van der Waals surface area (Å²) in [5.74, 6) is -1.05. The standard InChI is InChI=1S/C26H44FO6P/c1-16(5-8-22(29)32-15-31-4)19-6-7-20-23-21(10-12-25(19,20)3)24(2)11-9-18(28)13-17(24)14-26(23,27)33-34-30/h16-21,23,28,30,34H,5-15H2,1-4H3. The summed E-state index contributed by atoms with van der Waals surface area (Å²) in [4.78, 5) is 21.7. The van der Waals surface area contributed by atoms with Crippen molar-refractivity contribution in [3.05, 3.63) is 0 Å². The van der Waals surface area contributed by atoms with Gasteiger partial charge in [0.25, 0.3) is 0 Å². The van der Waals surface area contributed by atoms with Gasteiger partial charge in [0.2, 0.25) is 5.85 Å². The van der Waals surface area contributed by atoms with Crippen molar-refractivity contribution in [3.8, 4) is 0 Å². The van der Waals surface area contributed by atoms with Crippen molar-refractivity contribution in [1.82, 2.24) is 0 Å². The van der Waals surface area contributed by atoms with E-state index in [0.717, 1.165) is 44.9 Å². The van der Waals surface area contributed by atoms with Crippen LogP contribution in [0, 0.1) is 46.3 Å². The average Bonchev–Trinajstić information content (AvgIpc) is 3.14. The van der Waals surface area contributed by atoms with Gasteiger partial charge >= 0.3 is 5.97 Å². The number of halogens is 1. The molecule has 196 valence electrons. The van der Waals surface area contributed by atoms with Crippen LogP contribution in [0.5, 0.6) is 0 Å². The zero-order valence-corrected chi connectivity index (χ0v) is 22.2. The van der Waals surface area contributed by atoms with Crippen molar-refractivity contribution in [2.75, 3.05) is 13.9 Å². The molecule has 0 aromatic heterocycles. The lowest BCUT2D eigenvalue weighted by Crippen LogP contribution is -2.62. The number of carbonyl (C=O) groups excluding carboxylic acids is 1. The Labute approximate surface area is 205 Å². The number of hydrogen-bond acceptors (Lipinski definition) is 6. The Bertz CT molecular complexity index is 740. The Balaban J connectivity index is 1.55. The van der Waals surface area contributed by atoms with E-state index in [2.05, 4.69) is 20.8 Å². The summed E-state index contributed by atoms with van der Waals surface area (Å²) in [6, 6.07) is 0. The fraction of sp³-hybridized carbons (Fsp3) is 0.962. The molecule has 4 rings (SSSR count). The molecule has 4 aliphatic rings. The summed E-state index contributed by atoms with van der Waals surface area (Å²) in [7, 11) is 0.631. The van der Waals surface area contributed by atoms with E-state index in [-0.39, 0.29) is 59.8 Å². The topological polar surface area (TPSA) is 85.2 Å². The number of rotatable bonds is 8. The van der Waals surface area contributed by atoms with Crippen LogP contribution in [0.25, 0.3) is 0 Å². The molecule has 0 saturated heterocycles. The predicted molar refractivity (Wildman–Crippen MR) is 128 cm³/mol. The van der Waals surface area contributed by atoms with Crippen molar-refractivity contribution in [2.45, 2.75) is 96.9 Å². The van der Waals surface area contributed by atoms with Crippen LogP contribution in [-0.2, 0) is 18.8 Å². The number of carbonyl (C=O) groups is 1. The smallest absolute Gasteiger partial charge is 0.307 e. The maximum atomic E-state index is 16.8. The molecule has 0 aromatic rings. The van der Waals surface area contributed by atoms with E-state index in [0.29, 0.717) is 24.7 Å². The summed E-state index contributed by atoms with van der Waals surface area (Å²) in [6.07, 6.45) is 7.42. The van der Waals surface area contributed by atoms with Crippen LogP contribution in [0.1, 0.15) is 85.0 Å². The van der Waals surface area contributed by atoms with Gasteiger partial charge in [-0.25, -0.2) is 4.39 Å². The molecule has 6 nitrogen and oxygen atoms in total. The monoisotopic (exact) mass is 502 g/mol. The number of methoxy groups -OCH3 is 1. The van der Waals surface area contributed by atoms with Crippen LogP contribution in [0.4, 0.5) is 4.39 Å². The number of esters is 1. The number of ether oxygens (including phenoxy) is 2. The molecule has 0 aliphatic heterocycles. The fourth-order valence-electron chi connectivity index (χ4n) is 9.06. The zero-order chi connectivity index (χ0) is 24.7. The minimum atomic E-state index is -1.84. The van der Waals surface area contributed by atoms with Crippen LogP contribution < -0.4 is 0 Å². The number of aliphatic hydroxyl groups excluding tert-OH is 1. The number of aliphatic hydroxyl groups is 1. The summed E-state index contributed by atoms with van der Waals surface area (Å²) >= 11 is 0. The maximum Gasteiger partial charge on any atom is 0.307 e. The first-order valence-corrected chi connectivity index (χ1v) is 14.0. The number of fused-ring (bicyclic) bond motifs is 5. The Kier molecular flexibility index (Phi) is 8.02. The van der Waals surface area contributed by atoms with Gasteiger partial charge in [0.05, 0.1) is 6.10 Å². The van der Waals surface area contributed by atoms with Crippen LogP contribution in [0.3, 0.4) is 0 Å². The Hall–Kier alpha value is -0.330. The highest BCUT2D eigenvalue weighted by molar-refractivity contribution is 7.25. The third kappa shape index (κ3) is 4.58. The lowest BCUT2D eigenvalue weighted by Gasteiger charge is -2.64. The molecule has 4 aliphatic carbocycles. The van der Waals surface area contributed by atoms with E-state index >= 15 is 4.39 Å². The van der Waals surface area contributed by atoms with Gasteiger partial charge in [-0.1, -0.05) is 20.8 Å². The molecule has 8 heteroatoms. The van der Waals surface area contributed by atoms with Crippen molar-refractivity contribution < 1.29 is 33.2 Å². The normalized spacial score (nSPS) is 47.1. The molecule has 0 aromatic carbocycles. The Morgan fingerprint density at radius 3 is 2.56 bits per heavy atom. The third-order valence-corrected chi connectivity index (χ3v) is 11.2. The van der Waals surface area contributed by atoms with E-state index in [4.69, 9.17) is 14.0 Å². The Morgan fingerprint density at radius 1 is 1.15 bits per heavy atom. The highest BCUT2D eigenvalue weighted by Crippen LogP contribution is 2.71. The molecule has 11 atom stereocenters. The van der Waals surface area contributed by atoms with Crippen LogP contribution in [-0.4, -0.2) is 41.8 Å². The Morgan fingerprint density at radius 2 is 1.85 bits per heavy atom. The largest absolute Gasteiger partial charge is 0.438 e.